The number of hydrogen-bond donors (Lipinski definition) is 0. The molecule has 0 fully saturated rings. The van der Waals surface area contributed by atoms with Gasteiger partial charge in [0.2, 0.25) is 0 Å². The van der Waals surface area contributed by atoms with Gasteiger partial charge in [-0.25, -0.2) is 4.79 Å². The molecular formula is C26H25NO2. The van der Waals surface area contributed by atoms with E-state index in [9.17, 15) is 4.79 Å². The second-order valence-corrected chi connectivity index (χ2v) is 6.77. The van der Waals surface area contributed by atoms with Crippen LogP contribution in [0.2, 0.25) is 0 Å². The van der Waals surface area contributed by atoms with Gasteiger partial charge < -0.3 is 4.74 Å². The number of aliphatic imine (C=N–C) groups is 1. The quantitative estimate of drug-likeness (QED) is 0.308. The van der Waals surface area contributed by atoms with Gasteiger partial charge in [-0.15, -0.1) is 6.58 Å². The van der Waals surface area contributed by atoms with Crippen molar-refractivity contribution in [3.8, 4) is 0 Å². The lowest BCUT2D eigenvalue weighted by Gasteiger charge is -2.21. The van der Waals surface area contributed by atoms with Crippen molar-refractivity contribution >= 4 is 11.7 Å². The number of carbonyl (C=O) groups is 1. The van der Waals surface area contributed by atoms with Crippen molar-refractivity contribution in [2.45, 2.75) is 12.5 Å². The lowest BCUT2D eigenvalue weighted by Crippen LogP contribution is -2.31. The molecule has 3 aromatic rings. The Hall–Kier alpha value is -3.46. The zero-order valence-corrected chi connectivity index (χ0v) is 16.6. The summed E-state index contributed by atoms with van der Waals surface area (Å²) < 4.78 is 5.11. The van der Waals surface area contributed by atoms with E-state index in [-0.39, 0.29) is 11.9 Å². The summed E-state index contributed by atoms with van der Waals surface area (Å²) in [5.41, 5.74) is 3.80. The van der Waals surface area contributed by atoms with Crippen LogP contribution in [0.4, 0.5) is 0 Å². The first-order chi connectivity index (χ1) is 14.2. The molecule has 0 aliphatic rings. The van der Waals surface area contributed by atoms with Crippen molar-refractivity contribution in [3.63, 3.8) is 0 Å². The van der Waals surface area contributed by atoms with Crippen LogP contribution in [0, 0.1) is 5.92 Å². The summed E-state index contributed by atoms with van der Waals surface area (Å²) in [6.07, 6.45) is 2.45. The average molecular weight is 383 g/mol. The number of ether oxygens (including phenoxy) is 1. The van der Waals surface area contributed by atoms with Gasteiger partial charge in [-0.3, -0.25) is 4.99 Å². The van der Waals surface area contributed by atoms with Gasteiger partial charge in [-0.1, -0.05) is 97.1 Å². The SMILES string of the molecule is C=CC(Cc1ccccc1)C(N=C(c1ccccc1)c1ccccc1)C(=O)OC. The molecule has 0 saturated heterocycles. The Balaban J connectivity index is 2.06. The van der Waals surface area contributed by atoms with Crippen molar-refractivity contribution in [2.75, 3.05) is 7.11 Å². The molecule has 2 atom stereocenters. The first-order valence-electron chi connectivity index (χ1n) is 9.66. The molecule has 0 heterocycles. The standard InChI is InChI=1S/C26H25NO2/c1-3-21(19-20-13-7-4-8-14-20)25(26(28)29-2)27-24(22-15-9-5-10-16-22)23-17-11-6-12-18-23/h3-18,21,25H,1,19H2,2H3. The van der Waals surface area contributed by atoms with Crippen molar-refractivity contribution in [1.29, 1.82) is 0 Å². The number of methoxy groups -OCH3 is 1. The highest BCUT2D eigenvalue weighted by molar-refractivity contribution is 6.13. The number of rotatable bonds is 8. The summed E-state index contributed by atoms with van der Waals surface area (Å²) in [7, 11) is 1.40. The summed E-state index contributed by atoms with van der Waals surface area (Å²) >= 11 is 0. The van der Waals surface area contributed by atoms with E-state index in [1.165, 1.54) is 7.11 Å². The zero-order valence-electron chi connectivity index (χ0n) is 16.6. The summed E-state index contributed by atoms with van der Waals surface area (Å²) in [6.45, 7) is 3.97. The predicted octanol–water partition coefficient (Wildman–Crippen LogP) is 5.11. The number of carbonyl (C=O) groups excluding carboxylic acids is 1. The number of benzene rings is 3. The molecule has 0 aromatic heterocycles. The Labute approximate surface area is 172 Å². The summed E-state index contributed by atoms with van der Waals surface area (Å²) in [6, 6.07) is 29.2. The molecule has 0 N–H and O–H groups in total. The molecule has 3 nitrogen and oxygen atoms in total. The summed E-state index contributed by atoms with van der Waals surface area (Å²) in [5.74, 6) is -0.553. The zero-order chi connectivity index (χ0) is 20.5. The van der Waals surface area contributed by atoms with Crippen LogP contribution in [0.3, 0.4) is 0 Å². The molecule has 0 aliphatic carbocycles. The molecule has 0 aliphatic heterocycles. The van der Waals surface area contributed by atoms with Crippen LogP contribution in [0.25, 0.3) is 0 Å². The third-order valence-electron chi connectivity index (χ3n) is 4.83. The van der Waals surface area contributed by atoms with Crippen LogP contribution in [0.15, 0.2) is 109 Å². The Morgan fingerprint density at radius 2 is 1.38 bits per heavy atom. The lowest BCUT2D eigenvalue weighted by atomic mass is 9.91. The summed E-state index contributed by atoms with van der Waals surface area (Å²) in [4.78, 5) is 17.6. The molecule has 3 heteroatoms. The molecule has 146 valence electrons. The first kappa shape index (κ1) is 20.3. The second-order valence-electron chi connectivity index (χ2n) is 6.77. The van der Waals surface area contributed by atoms with Gasteiger partial charge in [0, 0.05) is 17.0 Å². The summed E-state index contributed by atoms with van der Waals surface area (Å²) in [5, 5.41) is 0. The third kappa shape index (κ3) is 5.29. The van der Waals surface area contributed by atoms with Crippen LogP contribution >= 0.6 is 0 Å². The van der Waals surface area contributed by atoms with Crippen LogP contribution < -0.4 is 0 Å². The topological polar surface area (TPSA) is 38.7 Å². The van der Waals surface area contributed by atoms with Crippen LogP contribution in [0.5, 0.6) is 0 Å². The van der Waals surface area contributed by atoms with Gasteiger partial charge in [-0.2, -0.15) is 0 Å². The number of nitrogens with zero attached hydrogens (tertiary/aromatic N) is 1. The molecule has 0 radical (unpaired) electrons. The van der Waals surface area contributed by atoms with Gasteiger partial charge in [0.15, 0.2) is 6.04 Å². The third-order valence-corrected chi connectivity index (χ3v) is 4.83. The largest absolute Gasteiger partial charge is 0.467 e. The molecular weight excluding hydrogens is 358 g/mol. The maximum atomic E-state index is 12.7. The van der Waals surface area contributed by atoms with Crippen molar-refractivity contribution in [2.24, 2.45) is 10.9 Å². The molecule has 3 rings (SSSR count). The van der Waals surface area contributed by atoms with E-state index in [4.69, 9.17) is 9.73 Å². The Morgan fingerprint density at radius 3 is 1.83 bits per heavy atom. The van der Waals surface area contributed by atoms with Crippen LogP contribution in [-0.2, 0) is 16.0 Å². The fraction of sp³-hybridized carbons (Fsp3) is 0.154. The molecule has 29 heavy (non-hydrogen) atoms. The van der Waals surface area contributed by atoms with E-state index in [0.717, 1.165) is 22.4 Å². The lowest BCUT2D eigenvalue weighted by molar-refractivity contribution is -0.142. The minimum atomic E-state index is -0.687. The highest BCUT2D eigenvalue weighted by atomic mass is 16.5. The predicted molar refractivity (Wildman–Crippen MR) is 118 cm³/mol. The van der Waals surface area contributed by atoms with Gasteiger partial charge in [-0.05, 0) is 12.0 Å². The van der Waals surface area contributed by atoms with E-state index in [1.807, 2.05) is 91.0 Å². The minimum Gasteiger partial charge on any atom is -0.467 e. The van der Waals surface area contributed by atoms with E-state index in [2.05, 4.69) is 6.58 Å². The van der Waals surface area contributed by atoms with E-state index < -0.39 is 6.04 Å². The highest BCUT2D eigenvalue weighted by Crippen LogP contribution is 2.21. The van der Waals surface area contributed by atoms with Gasteiger partial charge in [0.1, 0.15) is 0 Å². The number of esters is 1. The Kier molecular flexibility index (Phi) is 7.12. The number of hydrogen-bond acceptors (Lipinski definition) is 3. The Bertz CT molecular complexity index is 908. The fourth-order valence-electron chi connectivity index (χ4n) is 3.30. The smallest absolute Gasteiger partial charge is 0.331 e. The highest BCUT2D eigenvalue weighted by Gasteiger charge is 2.28. The monoisotopic (exact) mass is 383 g/mol. The van der Waals surface area contributed by atoms with Crippen LogP contribution in [0.1, 0.15) is 16.7 Å². The molecule has 2 unspecified atom stereocenters. The Morgan fingerprint density at radius 1 is 0.897 bits per heavy atom. The molecule has 0 bridgehead atoms. The van der Waals surface area contributed by atoms with Crippen molar-refractivity contribution in [3.05, 3.63) is 120 Å². The maximum absolute atomic E-state index is 12.7. The van der Waals surface area contributed by atoms with E-state index >= 15 is 0 Å². The van der Waals surface area contributed by atoms with E-state index in [1.54, 1.807) is 6.08 Å². The van der Waals surface area contributed by atoms with Crippen LogP contribution in [-0.4, -0.2) is 24.8 Å². The van der Waals surface area contributed by atoms with Gasteiger partial charge in [0.25, 0.3) is 0 Å². The molecule has 0 amide bonds. The van der Waals surface area contributed by atoms with E-state index in [0.29, 0.717) is 6.42 Å². The van der Waals surface area contributed by atoms with Gasteiger partial charge in [0.05, 0.1) is 12.8 Å². The fourth-order valence-corrected chi connectivity index (χ4v) is 3.30. The van der Waals surface area contributed by atoms with Gasteiger partial charge >= 0.3 is 5.97 Å². The minimum absolute atomic E-state index is 0.188. The molecule has 0 spiro atoms. The van der Waals surface area contributed by atoms with Crippen molar-refractivity contribution < 1.29 is 9.53 Å². The van der Waals surface area contributed by atoms with Crippen molar-refractivity contribution in [1.82, 2.24) is 0 Å². The molecule has 3 aromatic carbocycles. The normalized spacial score (nSPS) is 12.4. The second kappa shape index (κ2) is 10.2. The average Bonchev–Trinajstić information content (AvgIpc) is 2.80. The maximum Gasteiger partial charge on any atom is 0.331 e. The first-order valence-corrected chi connectivity index (χ1v) is 9.66. The molecule has 0 saturated carbocycles.